The van der Waals surface area contributed by atoms with Crippen LogP contribution in [0, 0.1) is 0 Å². The Hall–Kier alpha value is -0.353. The zero-order chi connectivity index (χ0) is 13.9. The minimum atomic E-state index is -1.86. The first-order valence-electron chi connectivity index (χ1n) is 6.61. The maximum Gasteiger partial charge on any atom is 0.260 e. The average molecular weight is 330 g/mol. The molecule has 18 heavy (non-hydrogen) atoms. The van der Waals surface area contributed by atoms with Crippen molar-refractivity contribution in [3.63, 3.8) is 0 Å². The van der Waals surface area contributed by atoms with Crippen LogP contribution in [0.5, 0.6) is 5.88 Å². The first-order valence-corrected chi connectivity index (χ1v) is 9.54. The molecule has 0 aliphatic heterocycles. The number of hydrogen-bond acceptors (Lipinski definition) is 2. The van der Waals surface area contributed by atoms with Crippen LogP contribution < -0.4 is 4.43 Å². The molecule has 0 aromatic carbocycles. The summed E-state index contributed by atoms with van der Waals surface area (Å²) in [6.45, 7) is 13.7. The Morgan fingerprint density at radius 1 is 1.00 bits per heavy atom. The van der Waals surface area contributed by atoms with Gasteiger partial charge in [0, 0.05) is 16.7 Å². The Balaban J connectivity index is 3.08. The van der Waals surface area contributed by atoms with E-state index in [0.29, 0.717) is 16.6 Å². The fourth-order valence-corrected chi connectivity index (χ4v) is 8.38. The number of rotatable bonds is 5. The van der Waals surface area contributed by atoms with Gasteiger partial charge in [-0.1, -0.05) is 41.5 Å². The van der Waals surface area contributed by atoms with Gasteiger partial charge < -0.3 is 4.43 Å². The van der Waals surface area contributed by atoms with Crippen LogP contribution >= 0.6 is 15.9 Å². The van der Waals surface area contributed by atoms with Crippen molar-refractivity contribution in [1.82, 2.24) is 4.98 Å². The van der Waals surface area contributed by atoms with Crippen LogP contribution in [0.3, 0.4) is 0 Å². The van der Waals surface area contributed by atoms with Gasteiger partial charge >= 0.3 is 0 Å². The molecule has 2 nitrogen and oxygen atoms in total. The monoisotopic (exact) mass is 329 g/mol. The first kappa shape index (κ1) is 15.7. The zero-order valence-electron chi connectivity index (χ0n) is 12.2. The average Bonchev–Trinajstić information content (AvgIpc) is 2.26. The van der Waals surface area contributed by atoms with Crippen molar-refractivity contribution in [3.05, 3.63) is 22.8 Å². The summed E-state index contributed by atoms with van der Waals surface area (Å²) in [5, 5.41) is 0. The van der Waals surface area contributed by atoms with Crippen molar-refractivity contribution < 1.29 is 4.43 Å². The molecule has 0 amide bonds. The van der Waals surface area contributed by atoms with Crippen molar-refractivity contribution >= 4 is 24.2 Å². The summed E-state index contributed by atoms with van der Waals surface area (Å²) < 4.78 is 7.44. The second kappa shape index (κ2) is 6.20. The van der Waals surface area contributed by atoms with Crippen LogP contribution in [0.25, 0.3) is 0 Å². The molecule has 0 saturated heterocycles. The molecule has 102 valence electrons. The number of halogens is 1. The molecule has 0 radical (unpaired) electrons. The number of hydrogen-bond donors (Lipinski definition) is 0. The zero-order valence-corrected chi connectivity index (χ0v) is 14.8. The second-order valence-corrected chi connectivity index (χ2v) is 12.0. The van der Waals surface area contributed by atoms with E-state index in [4.69, 9.17) is 4.43 Å². The smallest absolute Gasteiger partial charge is 0.260 e. The van der Waals surface area contributed by atoms with Crippen LogP contribution in [-0.4, -0.2) is 13.3 Å². The summed E-state index contributed by atoms with van der Waals surface area (Å²) in [6, 6.07) is 3.95. The largest absolute Gasteiger partial charge is 0.530 e. The Kier molecular flexibility index (Phi) is 5.41. The lowest BCUT2D eigenvalue weighted by Gasteiger charge is -2.41. The Bertz CT molecular complexity index is 354. The van der Waals surface area contributed by atoms with Crippen LogP contribution in [0.4, 0.5) is 0 Å². The van der Waals surface area contributed by atoms with E-state index in [2.05, 4.69) is 62.5 Å². The lowest BCUT2D eigenvalue weighted by molar-refractivity contribution is 0.464. The predicted octanol–water partition coefficient (Wildman–Crippen LogP) is 5.40. The van der Waals surface area contributed by atoms with Crippen molar-refractivity contribution in [2.24, 2.45) is 0 Å². The van der Waals surface area contributed by atoms with Crippen molar-refractivity contribution in [2.75, 3.05) is 0 Å². The van der Waals surface area contributed by atoms with Gasteiger partial charge in [0.2, 0.25) is 0 Å². The van der Waals surface area contributed by atoms with Crippen LogP contribution in [0.2, 0.25) is 16.6 Å². The lowest BCUT2D eigenvalue weighted by Crippen LogP contribution is -2.50. The Morgan fingerprint density at radius 2 is 1.50 bits per heavy atom. The van der Waals surface area contributed by atoms with E-state index in [1.165, 1.54) is 0 Å². The number of aromatic nitrogens is 1. The summed E-state index contributed by atoms with van der Waals surface area (Å²) in [7, 11) is -1.86. The molecule has 4 heteroatoms. The summed E-state index contributed by atoms with van der Waals surface area (Å²) in [5.74, 6) is 0.765. The quantitative estimate of drug-likeness (QED) is 0.675. The normalized spacial score (nSPS) is 12.6. The third-order valence-electron chi connectivity index (χ3n) is 3.69. The number of pyridine rings is 1. The topological polar surface area (TPSA) is 22.1 Å². The molecule has 0 aliphatic rings. The first-order chi connectivity index (χ1) is 8.30. The molecule has 1 heterocycles. The fraction of sp³-hybridized carbons (Fsp3) is 0.643. The highest BCUT2D eigenvalue weighted by Crippen LogP contribution is 2.42. The van der Waals surface area contributed by atoms with Gasteiger partial charge in [-0.05, 0) is 38.6 Å². The Labute approximate surface area is 120 Å². The lowest BCUT2D eigenvalue weighted by atomic mass is 10.5. The van der Waals surface area contributed by atoms with E-state index < -0.39 is 8.32 Å². The molecule has 0 bridgehead atoms. The van der Waals surface area contributed by atoms with E-state index in [9.17, 15) is 0 Å². The third kappa shape index (κ3) is 3.15. The van der Waals surface area contributed by atoms with E-state index in [1.54, 1.807) is 6.20 Å². The highest BCUT2D eigenvalue weighted by Gasteiger charge is 2.47. The van der Waals surface area contributed by atoms with Gasteiger partial charge in [0.15, 0.2) is 5.88 Å². The van der Waals surface area contributed by atoms with Gasteiger partial charge in [-0.2, -0.15) is 0 Å². The van der Waals surface area contributed by atoms with Crippen LogP contribution in [-0.2, 0) is 0 Å². The van der Waals surface area contributed by atoms with Gasteiger partial charge in [0.25, 0.3) is 8.32 Å². The van der Waals surface area contributed by atoms with E-state index >= 15 is 0 Å². The maximum atomic E-state index is 6.45. The molecule has 0 fully saturated rings. The van der Waals surface area contributed by atoms with Gasteiger partial charge in [-0.25, -0.2) is 4.98 Å². The standard InChI is InChI=1S/C14H24BrNOSi/c1-10(2)18(11(3)4,12(5)6)17-14-8-7-13(15)9-16-14/h7-12H,1-6H3. The van der Waals surface area contributed by atoms with Crippen molar-refractivity contribution in [1.29, 1.82) is 0 Å². The minimum Gasteiger partial charge on any atom is -0.530 e. The molecule has 0 atom stereocenters. The van der Waals surface area contributed by atoms with Crippen molar-refractivity contribution in [3.8, 4) is 5.88 Å². The van der Waals surface area contributed by atoms with Gasteiger partial charge in [0.05, 0.1) is 0 Å². The molecule has 0 N–H and O–H groups in total. The van der Waals surface area contributed by atoms with Gasteiger partial charge in [0.1, 0.15) is 0 Å². The molecule has 1 rings (SSSR count). The number of nitrogens with zero attached hydrogens (tertiary/aromatic N) is 1. The predicted molar refractivity (Wildman–Crippen MR) is 83.6 cm³/mol. The molecular weight excluding hydrogens is 306 g/mol. The summed E-state index contributed by atoms with van der Waals surface area (Å²) >= 11 is 3.41. The third-order valence-corrected chi connectivity index (χ3v) is 10.1. The highest BCUT2D eigenvalue weighted by atomic mass is 79.9. The van der Waals surface area contributed by atoms with Gasteiger partial charge in [-0.15, -0.1) is 0 Å². The van der Waals surface area contributed by atoms with E-state index in [-0.39, 0.29) is 0 Å². The molecule has 0 saturated carbocycles. The molecule has 0 aliphatic carbocycles. The molecule has 1 aromatic heterocycles. The summed E-state index contributed by atoms with van der Waals surface area (Å²) in [5.41, 5.74) is 1.72. The molecule has 0 spiro atoms. The SMILES string of the molecule is CC(C)[Si](Oc1ccc(Br)cn1)(C(C)C)C(C)C. The highest BCUT2D eigenvalue weighted by molar-refractivity contribution is 9.10. The van der Waals surface area contributed by atoms with Crippen LogP contribution in [0.1, 0.15) is 41.5 Å². The minimum absolute atomic E-state index is 0.572. The summed E-state index contributed by atoms with van der Waals surface area (Å²) in [4.78, 5) is 4.38. The van der Waals surface area contributed by atoms with Crippen LogP contribution in [0.15, 0.2) is 22.8 Å². The maximum absolute atomic E-state index is 6.45. The molecule has 0 unspecified atom stereocenters. The Morgan fingerprint density at radius 3 is 1.83 bits per heavy atom. The van der Waals surface area contributed by atoms with Crippen molar-refractivity contribution in [2.45, 2.75) is 58.2 Å². The van der Waals surface area contributed by atoms with Gasteiger partial charge in [-0.3, -0.25) is 0 Å². The second-order valence-electron chi connectivity index (χ2n) is 5.73. The molecule has 1 aromatic rings. The van der Waals surface area contributed by atoms with E-state index in [0.717, 1.165) is 10.4 Å². The fourth-order valence-electron chi connectivity index (χ4n) is 2.96. The summed E-state index contributed by atoms with van der Waals surface area (Å²) in [6.07, 6.45) is 1.80. The molecular formula is C14H24BrNOSi. The van der Waals surface area contributed by atoms with E-state index in [1.807, 2.05) is 12.1 Å².